The lowest BCUT2D eigenvalue weighted by atomic mass is 9.82. The van der Waals surface area contributed by atoms with Gasteiger partial charge >= 0.3 is 5.97 Å². The number of esters is 1. The SMILES string of the molecule is COc1c2c(cc3c1-c1c(cc4c(c1OC)OCO4)C[C@H]1COC(=O)/C1=C/3)OCO2. The first-order valence-electron chi connectivity index (χ1n) is 9.58. The first kappa shape index (κ1) is 17.3. The lowest BCUT2D eigenvalue weighted by Gasteiger charge is -2.24. The highest BCUT2D eigenvalue weighted by molar-refractivity contribution is 6.00. The number of cyclic esters (lactones) is 1. The molecule has 0 unspecified atom stereocenters. The number of benzene rings is 2. The summed E-state index contributed by atoms with van der Waals surface area (Å²) in [6.07, 6.45) is 2.43. The molecule has 0 amide bonds. The monoisotopic (exact) mass is 410 g/mol. The molecular formula is C22H18O8. The Labute approximate surface area is 171 Å². The third-order valence-corrected chi connectivity index (χ3v) is 5.88. The zero-order chi connectivity index (χ0) is 20.4. The van der Waals surface area contributed by atoms with Crippen molar-refractivity contribution in [2.75, 3.05) is 34.4 Å². The van der Waals surface area contributed by atoms with E-state index in [4.69, 9.17) is 33.2 Å². The van der Waals surface area contributed by atoms with E-state index in [2.05, 4.69) is 0 Å². The highest BCUT2D eigenvalue weighted by Gasteiger charge is 2.38. The molecule has 6 rings (SSSR count). The smallest absolute Gasteiger partial charge is 0.334 e. The predicted octanol–water partition coefficient (Wildman–Crippen LogP) is 2.94. The van der Waals surface area contributed by atoms with Crippen LogP contribution in [0.25, 0.3) is 17.2 Å². The van der Waals surface area contributed by atoms with E-state index in [1.54, 1.807) is 14.2 Å². The molecule has 30 heavy (non-hydrogen) atoms. The fourth-order valence-electron chi connectivity index (χ4n) is 4.59. The molecule has 0 radical (unpaired) electrons. The number of carbonyl (C=O) groups is 1. The Hall–Kier alpha value is -3.55. The van der Waals surface area contributed by atoms with Gasteiger partial charge in [0.2, 0.25) is 25.1 Å². The highest BCUT2D eigenvalue weighted by atomic mass is 16.7. The number of methoxy groups -OCH3 is 2. The van der Waals surface area contributed by atoms with Crippen molar-refractivity contribution in [1.29, 1.82) is 0 Å². The number of rotatable bonds is 2. The number of carbonyl (C=O) groups excluding carboxylic acids is 1. The molecule has 3 heterocycles. The van der Waals surface area contributed by atoms with E-state index in [0.717, 1.165) is 22.3 Å². The average Bonchev–Trinajstić information content (AvgIpc) is 3.47. The Kier molecular flexibility index (Phi) is 3.59. The van der Waals surface area contributed by atoms with Gasteiger partial charge in [-0.1, -0.05) is 0 Å². The van der Waals surface area contributed by atoms with Crippen molar-refractivity contribution in [2.45, 2.75) is 6.42 Å². The number of hydrogen-bond donors (Lipinski definition) is 0. The third kappa shape index (κ3) is 2.24. The van der Waals surface area contributed by atoms with Crippen molar-refractivity contribution in [3.8, 4) is 45.6 Å². The van der Waals surface area contributed by atoms with Gasteiger partial charge in [0.25, 0.3) is 0 Å². The minimum atomic E-state index is -0.307. The molecule has 8 nitrogen and oxygen atoms in total. The maximum absolute atomic E-state index is 12.4. The summed E-state index contributed by atoms with van der Waals surface area (Å²) in [6.45, 7) is 0.549. The minimum absolute atomic E-state index is 0.0779. The zero-order valence-corrected chi connectivity index (χ0v) is 16.4. The van der Waals surface area contributed by atoms with E-state index < -0.39 is 0 Å². The summed E-state index contributed by atoms with van der Waals surface area (Å²) in [5.41, 5.74) is 3.90. The average molecular weight is 410 g/mol. The Morgan fingerprint density at radius 3 is 2.23 bits per heavy atom. The highest BCUT2D eigenvalue weighted by Crippen LogP contribution is 2.57. The Morgan fingerprint density at radius 1 is 0.867 bits per heavy atom. The van der Waals surface area contributed by atoms with E-state index in [-0.39, 0.29) is 25.5 Å². The van der Waals surface area contributed by atoms with Crippen molar-refractivity contribution < 1.29 is 38.0 Å². The van der Waals surface area contributed by atoms with E-state index in [9.17, 15) is 4.79 Å². The normalized spacial score (nSPS) is 21.5. The van der Waals surface area contributed by atoms with Crippen molar-refractivity contribution in [2.24, 2.45) is 5.92 Å². The van der Waals surface area contributed by atoms with Gasteiger partial charge < -0.3 is 33.2 Å². The quantitative estimate of drug-likeness (QED) is 0.699. The van der Waals surface area contributed by atoms with E-state index in [0.29, 0.717) is 53.1 Å². The van der Waals surface area contributed by atoms with Crippen LogP contribution >= 0.6 is 0 Å². The van der Waals surface area contributed by atoms with Crippen LogP contribution in [0, 0.1) is 5.92 Å². The van der Waals surface area contributed by atoms with Crippen LogP contribution in [0.15, 0.2) is 17.7 Å². The lowest BCUT2D eigenvalue weighted by Crippen LogP contribution is -2.12. The van der Waals surface area contributed by atoms with Crippen molar-refractivity contribution in [3.63, 3.8) is 0 Å². The lowest BCUT2D eigenvalue weighted by molar-refractivity contribution is -0.135. The Bertz CT molecular complexity index is 1130. The molecular weight excluding hydrogens is 392 g/mol. The summed E-state index contributed by atoms with van der Waals surface area (Å²) in [7, 11) is 3.17. The molecule has 2 aromatic rings. The summed E-state index contributed by atoms with van der Waals surface area (Å²) in [4.78, 5) is 12.4. The van der Waals surface area contributed by atoms with Crippen molar-refractivity contribution >= 4 is 12.0 Å². The molecule has 0 spiro atoms. The van der Waals surface area contributed by atoms with Gasteiger partial charge in [0.05, 0.1) is 20.8 Å². The number of ether oxygens (including phenoxy) is 7. The second-order valence-electron chi connectivity index (χ2n) is 7.38. The van der Waals surface area contributed by atoms with Crippen LogP contribution in [0.2, 0.25) is 0 Å². The molecule has 154 valence electrons. The Morgan fingerprint density at radius 2 is 1.53 bits per heavy atom. The standard InChI is InChI=1S/C22H18O8/c1-24-20-16-10(5-14-18(20)29-8-27-14)3-12-7-26-22(23)13(12)4-11-6-15-19(30-9-28-15)21(25-2)17(11)16/h4-6,12H,3,7-9H2,1-2H3/b13-4+/t12-/m0/s1. The van der Waals surface area contributed by atoms with Crippen molar-refractivity contribution in [1.82, 2.24) is 0 Å². The maximum Gasteiger partial charge on any atom is 0.334 e. The molecule has 0 aromatic heterocycles. The van der Waals surface area contributed by atoms with Gasteiger partial charge in [0.1, 0.15) is 0 Å². The van der Waals surface area contributed by atoms with Crippen LogP contribution in [0.5, 0.6) is 34.5 Å². The summed E-state index contributed by atoms with van der Waals surface area (Å²) in [5.74, 6) is 2.93. The summed E-state index contributed by atoms with van der Waals surface area (Å²) >= 11 is 0. The minimum Gasteiger partial charge on any atom is -0.492 e. The van der Waals surface area contributed by atoms with Gasteiger partial charge in [0.15, 0.2) is 23.0 Å². The van der Waals surface area contributed by atoms with Gasteiger partial charge in [-0.25, -0.2) is 4.79 Å². The molecule has 1 fully saturated rings. The molecule has 8 heteroatoms. The number of hydrogen-bond acceptors (Lipinski definition) is 8. The van der Waals surface area contributed by atoms with Crippen LogP contribution in [-0.4, -0.2) is 40.4 Å². The summed E-state index contributed by atoms with van der Waals surface area (Å²) < 4.78 is 39.6. The Balaban J connectivity index is 1.74. The molecule has 0 bridgehead atoms. The molecule has 3 aliphatic heterocycles. The molecule has 1 aliphatic carbocycles. The van der Waals surface area contributed by atoms with Gasteiger partial charge in [-0.15, -0.1) is 0 Å². The molecule has 1 atom stereocenters. The van der Waals surface area contributed by atoms with Crippen LogP contribution < -0.4 is 28.4 Å². The van der Waals surface area contributed by atoms with Crippen LogP contribution in [0.4, 0.5) is 0 Å². The molecule has 0 saturated carbocycles. The predicted molar refractivity (Wildman–Crippen MR) is 103 cm³/mol. The topological polar surface area (TPSA) is 81.7 Å². The molecule has 0 N–H and O–H groups in total. The van der Waals surface area contributed by atoms with Crippen LogP contribution in [-0.2, 0) is 16.0 Å². The second-order valence-corrected chi connectivity index (χ2v) is 7.38. The summed E-state index contributed by atoms with van der Waals surface area (Å²) in [6, 6.07) is 3.80. The summed E-state index contributed by atoms with van der Waals surface area (Å²) in [5, 5.41) is 0. The van der Waals surface area contributed by atoms with Crippen LogP contribution in [0.1, 0.15) is 11.1 Å². The van der Waals surface area contributed by atoms with E-state index >= 15 is 0 Å². The fraction of sp³-hybridized carbons (Fsp3) is 0.318. The maximum atomic E-state index is 12.4. The third-order valence-electron chi connectivity index (χ3n) is 5.88. The second kappa shape index (κ2) is 6.22. The van der Waals surface area contributed by atoms with Crippen LogP contribution in [0.3, 0.4) is 0 Å². The van der Waals surface area contributed by atoms with Crippen molar-refractivity contribution in [3.05, 3.63) is 28.8 Å². The van der Waals surface area contributed by atoms with Gasteiger partial charge in [0, 0.05) is 22.6 Å². The largest absolute Gasteiger partial charge is 0.492 e. The zero-order valence-electron chi connectivity index (χ0n) is 16.4. The molecule has 4 aliphatic rings. The molecule has 2 aromatic carbocycles. The number of fused-ring (bicyclic) bond motifs is 6. The van der Waals surface area contributed by atoms with Gasteiger partial charge in [-0.3, -0.25) is 0 Å². The molecule has 1 saturated heterocycles. The van der Waals surface area contributed by atoms with E-state index in [1.165, 1.54) is 0 Å². The fourth-order valence-corrected chi connectivity index (χ4v) is 4.59. The first-order chi connectivity index (χ1) is 14.7. The first-order valence-corrected chi connectivity index (χ1v) is 9.58. The van der Waals surface area contributed by atoms with Gasteiger partial charge in [-0.2, -0.15) is 0 Å². The van der Waals surface area contributed by atoms with E-state index in [1.807, 2.05) is 18.2 Å². The van der Waals surface area contributed by atoms with Gasteiger partial charge in [-0.05, 0) is 35.8 Å².